The van der Waals surface area contributed by atoms with Crippen LogP contribution >= 0.6 is 0 Å². The Morgan fingerprint density at radius 1 is 0.939 bits per heavy atom. The smallest absolute Gasteiger partial charge is 0.340 e. The highest BCUT2D eigenvalue weighted by Gasteiger charge is 2.28. The summed E-state index contributed by atoms with van der Waals surface area (Å²) in [7, 11) is 2.26. The molecule has 1 aliphatic rings. The van der Waals surface area contributed by atoms with Gasteiger partial charge in [-0.3, -0.25) is 4.79 Å². The molecule has 2 aromatic carbocycles. The van der Waals surface area contributed by atoms with Gasteiger partial charge in [-0.05, 0) is 25.2 Å². The number of nitrogens with zero attached hydrogens (tertiary/aromatic N) is 2. The van der Waals surface area contributed by atoms with E-state index in [9.17, 15) is 18.0 Å². The van der Waals surface area contributed by atoms with Gasteiger partial charge < -0.3 is 24.4 Å². The molecular formula is C22H27N3O7S. The number of ether oxygens (including phenoxy) is 3. The van der Waals surface area contributed by atoms with Crippen molar-refractivity contribution in [3.05, 3.63) is 47.5 Å². The maximum Gasteiger partial charge on any atom is 0.340 e. The molecule has 0 unspecified atom stereocenters. The maximum absolute atomic E-state index is 13.0. The van der Waals surface area contributed by atoms with Crippen LogP contribution in [0.2, 0.25) is 0 Å². The van der Waals surface area contributed by atoms with Gasteiger partial charge in [0.25, 0.3) is 5.91 Å². The maximum atomic E-state index is 13.0. The number of likely N-dealkylation sites (N-methyl/N-ethyl adjacent to an activating group) is 1. The zero-order valence-corrected chi connectivity index (χ0v) is 19.8. The zero-order valence-electron chi connectivity index (χ0n) is 19.0. The summed E-state index contributed by atoms with van der Waals surface area (Å²) >= 11 is 0. The lowest BCUT2D eigenvalue weighted by atomic mass is 10.1. The van der Waals surface area contributed by atoms with Gasteiger partial charge in [0.2, 0.25) is 10.0 Å². The van der Waals surface area contributed by atoms with Crippen molar-refractivity contribution in [2.24, 2.45) is 0 Å². The third kappa shape index (κ3) is 5.27. The number of sulfonamides is 1. The Hall–Kier alpha value is -3.15. The Morgan fingerprint density at radius 2 is 1.58 bits per heavy atom. The average molecular weight is 478 g/mol. The van der Waals surface area contributed by atoms with E-state index in [1.807, 2.05) is 7.05 Å². The van der Waals surface area contributed by atoms with E-state index < -0.39 is 21.9 Å². The first-order chi connectivity index (χ1) is 15.7. The Balaban J connectivity index is 1.91. The van der Waals surface area contributed by atoms with Crippen LogP contribution in [-0.4, -0.2) is 84.1 Å². The minimum Gasteiger partial charge on any atom is -0.493 e. The van der Waals surface area contributed by atoms with Gasteiger partial charge in [0.1, 0.15) is 0 Å². The van der Waals surface area contributed by atoms with Crippen molar-refractivity contribution in [2.45, 2.75) is 4.90 Å². The van der Waals surface area contributed by atoms with Crippen LogP contribution in [0.5, 0.6) is 11.5 Å². The molecule has 0 spiro atoms. The molecule has 0 radical (unpaired) electrons. The number of piperazine rings is 1. The molecule has 3 rings (SSSR count). The lowest BCUT2D eigenvalue weighted by Crippen LogP contribution is -2.47. The SMILES string of the molecule is COC(=O)c1cc(OC)c(OC)cc1NC(=O)c1cccc(S(=O)(=O)N2CCN(C)CC2)c1. The standard InChI is InChI=1S/C22H27N3O7S/c1-24-8-10-25(11-9-24)33(28,29)16-7-5-6-15(12-16)21(26)23-18-14-20(31-3)19(30-2)13-17(18)22(27)32-4/h5-7,12-14H,8-11H2,1-4H3,(H,23,26). The molecule has 0 bridgehead atoms. The highest BCUT2D eigenvalue weighted by atomic mass is 32.2. The van der Waals surface area contributed by atoms with E-state index in [1.165, 1.54) is 62.0 Å². The van der Waals surface area contributed by atoms with Crippen LogP contribution in [0.25, 0.3) is 0 Å². The Morgan fingerprint density at radius 3 is 2.18 bits per heavy atom. The predicted octanol–water partition coefficient (Wildman–Crippen LogP) is 1.68. The molecule has 1 heterocycles. The first-order valence-electron chi connectivity index (χ1n) is 10.2. The Bertz CT molecular complexity index is 1140. The summed E-state index contributed by atoms with van der Waals surface area (Å²) in [6.07, 6.45) is 0. The molecule has 0 aromatic heterocycles. The molecular weight excluding hydrogens is 450 g/mol. The highest BCUT2D eigenvalue weighted by Crippen LogP contribution is 2.34. The second kappa shape index (κ2) is 10.2. The van der Waals surface area contributed by atoms with Gasteiger partial charge in [-0.2, -0.15) is 4.31 Å². The molecule has 11 heteroatoms. The molecule has 10 nitrogen and oxygen atoms in total. The van der Waals surface area contributed by atoms with Crippen LogP contribution in [0, 0.1) is 0 Å². The topological polar surface area (TPSA) is 114 Å². The van der Waals surface area contributed by atoms with Gasteiger partial charge >= 0.3 is 5.97 Å². The van der Waals surface area contributed by atoms with Gasteiger partial charge in [0, 0.05) is 43.9 Å². The van der Waals surface area contributed by atoms with E-state index in [4.69, 9.17) is 14.2 Å². The van der Waals surface area contributed by atoms with Crippen LogP contribution in [0.4, 0.5) is 5.69 Å². The minimum atomic E-state index is -3.74. The van der Waals surface area contributed by atoms with Crippen molar-refractivity contribution >= 4 is 27.6 Å². The number of carbonyl (C=O) groups excluding carboxylic acids is 2. The lowest BCUT2D eigenvalue weighted by molar-refractivity contribution is 0.0601. The summed E-state index contributed by atoms with van der Waals surface area (Å²) in [5, 5.41) is 2.64. The van der Waals surface area contributed by atoms with Crippen molar-refractivity contribution < 1.29 is 32.2 Å². The number of amides is 1. The summed E-state index contributed by atoms with van der Waals surface area (Å²) in [4.78, 5) is 27.3. The van der Waals surface area contributed by atoms with E-state index in [0.29, 0.717) is 31.9 Å². The van der Waals surface area contributed by atoms with Gasteiger partial charge in [-0.15, -0.1) is 0 Å². The molecule has 1 N–H and O–H groups in total. The number of anilines is 1. The molecule has 0 saturated carbocycles. The van der Waals surface area contributed by atoms with E-state index in [2.05, 4.69) is 10.2 Å². The first kappa shape index (κ1) is 24.5. The fourth-order valence-corrected chi connectivity index (χ4v) is 4.90. The average Bonchev–Trinajstić information content (AvgIpc) is 2.83. The van der Waals surface area contributed by atoms with Gasteiger partial charge in [0.05, 0.1) is 37.5 Å². The number of nitrogens with one attached hydrogen (secondary N) is 1. The molecule has 0 atom stereocenters. The molecule has 2 aromatic rings. The molecule has 178 valence electrons. The molecule has 0 aliphatic carbocycles. The fourth-order valence-electron chi connectivity index (χ4n) is 3.43. The van der Waals surface area contributed by atoms with Crippen LogP contribution in [0.3, 0.4) is 0 Å². The quantitative estimate of drug-likeness (QED) is 0.599. The molecule has 1 saturated heterocycles. The summed E-state index contributed by atoms with van der Waals surface area (Å²) in [5.41, 5.74) is 0.317. The van der Waals surface area contributed by atoms with Crippen molar-refractivity contribution in [1.82, 2.24) is 9.21 Å². The number of benzene rings is 2. The summed E-state index contributed by atoms with van der Waals surface area (Å²) in [6.45, 7) is 2.02. The van der Waals surface area contributed by atoms with E-state index >= 15 is 0 Å². The van der Waals surface area contributed by atoms with E-state index in [1.54, 1.807) is 0 Å². The number of methoxy groups -OCH3 is 3. The van der Waals surface area contributed by atoms with Gasteiger partial charge in [-0.25, -0.2) is 13.2 Å². The zero-order chi connectivity index (χ0) is 24.2. The monoisotopic (exact) mass is 477 g/mol. The molecule has 33 heavy (non-hydrogen) atoms. The predicted molar refractivity (Wildman–Crippen MR) is 122 cm³/mol. The largest absolute Gasteiger partial charge is 0.493 e. The second-order valence-corrected chi connectivity index (χ2v) is 9.37. The number of hydrogen-bond acceptors (Lipinski definition) is 8. The number of carbonyl (C=O) groups is 2. The highest BCUT2D eigenvalue weighted by molar-refractivity contribution is 7.89. The molecule has 1 aliphatic heterocycles. The van der Waals surface area contributed by atoms with Crippen LogP contribution in [0.15, 0.2) is 41.3 Å². The van der Waals surface area contributed by atoms with Crippen molar-refractivity contribution in [2.75, 3.05) is 59.9 Å². The molecule has 1 amide bonds. The van der Waals surface area contributed by atoms with Crippen molar-refractivity contribution in [3.8, 4) is 11.5 Å². The lowest BCUT2D eigenvalue weighted by Gasteiger charge is -2.31. The Kier molecular flexibility index (Phi) is 7.57. The van der Waals surface area contributed by atoms with Crippen LogP contribution < -0.4 is 14.8 Å². The van der Waals surface area contributed by atoms with Gasteiger partial charge in [0.15, 0.2) is 11.5 Å². The van der Waals surface area contributed by atoms with Crippen molar-refractivity contribution in [1.29, 1.82) is 0 Å². The number of rotatable bonds is 7. The van der Waals surface area contributed by atoms with Crippen molar-refractivity contribution in [3.63, 3.8) is 0 Å². The van der Waals surface area contributed by atoms with E-state index in [-0.39, 0.29) is 27.5 Å². The number of hydrogen-bond donors (Lipinski definition) is 1. The van der Waals surface area contributed by atoms with E-state index in [0.717, 1.165) is 0 Å². The van der Waals surface area contributed by atoms with Gasteiger partial charge in [-0.1, -0.05) is 6.07 Å². The first-order valence-corrected chi connectivity index (χ1v) is 11.6. The summed E-state index contributed by atoms with van der Waals surface area (Å²) in [6, 6.07) is 8.62. The third-order valence-electron chi connectivity index (χ3n) is 5.37. The normalized spacial score (nSPS) is 15.0. The van der Waals surface area contributed by atoms with Crippen LogP contribution in [0.1, 0.15) is 20.7 Å². The Labute approximate surface area is 193 Å². The fraction of sp³-hybridized carbons (Fsp3) is 0.364. The summed E-state index contributed by atoms with van der Waals surface area (Å²) in [5.74, 6) is -0.691. The summed E-state index contributed by atoms with van der Waals surface area (Å²) < 4.78 is 42.8. The number of esters is 1. The molecule has 1 fully saturated rings. The third-order valence-corrected chi connectivity index (χ3v) is 7.27. The minimum absolute atomic E-state index is 0.0280. The van der Waals surface area contributed by atoms with Crippen LogP contribution in [-0.2, 0) is 14.8 Å². The second-order valence-electron chi connectivity index (χ2n) is 7.43.